The fourth-order valence-corrected chi connectivity index (χ4v) is 5.86. The summed E-state index contributed by atoms with van der Waals surface area (Å²) in [5, 5.41) is 2.80. The number of hydrogen-bond donors (Lipinski definition) is 1. The molecule has 0 unspecified atom stereocenters. The van der Waals surface area contributed by atoms with Gasteiger partial charge >= 0.3 is 12.1 Å². The lowest BCUT2D eigenvalue weighted by molar-refractivity contribution is -0.145. The summed E-state index contributed by atoms with van der Waals surface area (Å²) >= 11 is 0. The second-order valence-electron chi connectivity index (χ2n) is 12.5. The highest BCUT2D eigenvalue weighted by Crippen LogP contribution is 2.44. The third kappa shape index (κ3) is 17.8. The van der Waals surface area contributed by atoms with Gasteiger partial charge in [-0.05, 0) is 35.1 Å². The maximum absolute atomic E-state index is 12.3. The van der Waals surface area contributed by atoms with Crippen LogP contribution in [0.25, 0.3) is 11.1 Å². The van der Waals surface area contributed by atoms with Gasteiger partial charge in [-0.1, -0.05) is 107 Å². The van der Waals surface area contributed by atoms with Gasteiger partial charge in [-0.2, -0.15) is 0 Å². The van der Waals surface area contributed by atoms with Crippen LogP contribution in [0.4, 0.5) is 4.79 Å². The van der Waals surface area contributed by atoms with Gasteiger partial charge in [-0.15, -0.1) is 0 Å². The fraction of sp³-hybridized carbons (Fsp3) is 0.650. The third-order valence-electron chi connectivity index (χ3n) is 8.54. The molecule has 0 radical (unpaired) electrons. The van der Waals surface area contributed by atoms with E-state index in [1.54, 1.807) is 0 Å². The lowest BCUT2D eigenvalue weighted by atomic mass is 9.98. The molecule has 10 heteroatoms. The van der Waals surface area contributed by atoms with E-state index in [9.17, 15) is 9.59 Å². The van der Waals surface area contributed by atoms with E-state index in [2.05, 4.69) is 36.5 Å². The molecule has 0 aliphatic heterocycles. The van der Waals surface area contributed by atoms with Crippen molar-refractivity contribution >= 4 is 12.1 Å². The van der Waals surface area contributed by atoms with Crippen molar-refractivity contribution in [2.45, 2.75) is 83.5 Å². The van der Waals surface area contributed by atoms with Gasteiger partial charge in [0.05, 0.1) is 59.5 Å². The summed E-state index contributed by atoms with van der Waals surface area (Å²) in [5.41, 5.74) is 4.81. The maximum Gasteiger partial charge on any atom is 0.407 e. The van der Waals surface area contributed by atoms with Crippen molar-refractivity contribution in [3.63, 3.8) is 0 Å². The van der Waals surface area contributed by atoms with E-state index in [0.29, 0.717) is 92.1 Å². The number of carbonyl (C=O) groups excluding carboxylic acids is 2. The Balaban J connectivity index is 0.993. The average Bonchev–Trinajstić information content (AvgIpc) is 3.46. The summed E-state index contributed by atoms with van der Waals surface area (Å²) in [4.78, 5) is 24.1. The Hall–Kier alpha value is -3.02. The van der Waals surface area contributed by atoms with Gasteiger partial charge in [-0.25, -0.2) is 4.79 Å². The van der Waals surface area contributed by atoms with Gasteiger partial charge < -0.3 is 38.5 Å². The number of unbranched alkanes of at least 4 members (excludes halogenated alkanes) is 8. The number of carbonyl (C=O) groups is 2. The molecular weight excluding hydrogens is 638 g/mol. The zero-order valence-electron chi connectivity index (χ0n) is 30.3. The molecule has 1 aliphatic rings. The number of ether oxygens (including phenoxy) is 7. The number of fused-ring (bicyclic) bond motifs is 3. The van der Waals surface area contributed by atoms with Gasteiger partial charge in [-0.3, -0.25) is 4.79 Å². The molecule has 1 aliphatic carbocycles. The van der Waals surface area contributed by atoms with Gasteiger partial charge in [0, 0.05) is 25.5 Å². The number of hydrogen-bond acceptors (Lipinski definition) is 9. The standard InChI is InChI=1S/C40H61NO9/c1-2-3-4-5-6-7-8-9-10-20-39(42)49-32-31-48-30-29-47-28-27-46-26-25-45-24-23-44-22-15-21-41-40(43)50-33-38-36-18-13-11-16-34(36)35-17-12-14-19-37(35)38/h11-14,16-19,38H,2-10,15,20-33H2,1H3,(H,41,43). The molecule has 1 amide bonds. The number of esters is 1. The molecule has 2 aromatic rings. The molecule has 0 atom stereocenters. The zero-order chi connectivity index (χ0) is 35.3. The molecule has 0 heterocycles. The molecule has 0 saturated heterocycles. The molecule has 0 bridgehead atoms. The topological polar surface area (TPSA) is 111 Å². The molecule has 50 heavy (non-hydrogen) atoms. The van der Waals surface area contributed by atoms with Crippen molar-refractivity contribution in [3.05, 3.63) is 59.7 Å². The first kappa shape index (κ1) is 41.4. The summed E-state index contributed by atoms with van der Waals surface area (Å²) < 4.78 is 38.3. The van der Waals surface area contributed by atoms with Crippen LogP contribution >= 0.6 is 0 Å². The first-order valence-electron chi connectivity index (χ1n) is 18.8. The summed E-state index contributed by atoms with van der Waals surface area (Å²) in [5.74, 6) is -0.0880. The quantitative estimate of drug-likeness (QED) is 0.0633. The molecular formula is C40H61NO9. The molecule has 2 aromatic carbocycles. The fourth-order valence-electron chi connectivity index (χ4n) is 5.86. The Bertz CT molecular complexity index is 1130. The van der Waals surface area contributed by atoms with Crippen LogP contribution in [0.3, 0.4) is 0 Å². The van der Waals surface area contributed by atoms with Gasteiger partial charge in [0.25, 0.3) is 0 Å². The third-order valence-corrected chi connectivity index (χ3v) is 8.54. The summed E-state index contributed by atoms with van der Waals surface area (Å²) in [7, 11) is 0. The second-order valence-corrected chi connectivity index (χ2v) is 12.5. The molecule has 0 spiro atoms. The van der Waals surface area contributed by atoms with E-state index in [-0.39, 0.29) is 18.5 Å². The number of nitrogens with one attached hydrogen (secondary N) is 1. The highest BCUT2D eigenvalue weighted by Gasteiger charge is 2.28. The van der Waals surface area contributed by atoms with E-state index in [4.69, 9.17) is 33.2 Å². The summed E-state index contributed by atoms with van der Waals surface area (Å²) in [6, 6.07) is 16.6. The molecule has 1 N–H and O–H groups in total. The van der Waals surface area contributed by atoms with Crippen LogP contribution in [-0.2, 0) is 38.0 Å². The van der Waals surface area contributed by atoms with Crippen molar-refractivity contribution in [2.24, 2.45) is 0 Å². The monoisotopic (exact) mass is 699 g/mol. The lowest BCUT2D eigenvalue weighted by Gasteiger charge is -2.14. The SMILES string of the molecule is CCCCCCCCCCCC(=O)OCCOCCOCCOCCOCCOCCCNC(=O)OCC1c2ccccc2-c2ccccc21. The number of alkyl carbamates (subject to hydrolysis) is 1. The Morgan fingerprint density at radius 2 is 1.00 bits per heavy atom. The van der Waals surface area contributed by atoms with Crippen LogP contribution in [0, 0.1) is 0 Å². The molecule has 0 aromatic heterocycles. The molecule has 0 fully saturated rings. The smallest absolute Gasteiger partial charge is 0.407 e. The molecule has 3 rings (SSSR count). The zero-order valence-corrected chi connectivity index (χ0v) is 30.3. The van der Waals surface area contributed by atoms with Crippen molar-refractivity contribution < 1.29 is 42.7 Å². The summed E-state index contributed by atoms with van der Waals surface area (Å²) in [6.07, 6.45) is 11.8. The van der Waals surface area contributed by atoms with E-state index < -0.39 is 6.09 Å². The predicted octanol–water partition coefficient (Wildman–Crippen LogP) is 7.46. The number of rotatable bonds is 31. The van der Waals surface area contributed by atoms with E-state index in [1.165, 1.54) is 67.2 Å². The minimum atomic E-state index is -0.414. The Morgan fingerprint density at radius 3 is 1.54 bits per heavy atom. The van der Waals surface area contributed by atoms with E-state index in [1.807, 2.05) is 24.3 Å². The van der Waals surface area contributed by atoms with Crippen LogP contribution in [-0.4, -0.2) is 97.9 Å². The van der Waals surface area contributed by atoms with Crippen LogP contribution in [0.2, 0.25) is 0 Å². The lowest BCUT2D eigenvalue weighted by Crippen LogP contribution is -2.27. The molecule has 280 valence electrons. The van der Waals surface area contributed by atoms with Crippen molar-refractivity contribution in [3.8, 4) is 11.1 Å². The second kappa shape index (κ2) is 27.7. The van der Waals surface area contributed by atoms with Crippen LogP contribution in [0.5, 0.6) is 0 Å². The number of amides is 1. The highest BCUT2D eigenvalue weighted by atomic mass is 16.6. The first-order valence-corrected chi connectivity index (χ1v) is 18.8. The van der Waals surface area contributed by atoms with Crippen LogP contribution in [0.15, 0.2) is 48.5 Å². The Morgan fingerprint density at radius 1 is 0.540 bits per heavy atom. The normalized spacial score (nSPS) is 12.1. The Kier molecular flexibility index (Phi) is 22.9. The van der Waals surface area contributed by atoms with Crippen molar-refractivity contribution in [1.29, 1.82) is 0 Å². The van der Waals surface area contributed by atoms with Crippen LogP contribution in [0.1, 0.15) is 94.6 Å². The van der Waals surface area contributed by atoms with Gasteiger partial charge in [0.2, 0.25) is 0 Å². The molecule has 0 saturated carbocycles. The first-order chi connectivity index (χ1) is 24.7. The maximum atomic E-state index is 12.3. The van der Waals surface area contributed by atoms with Gasteiger partial charge in [0.15, 0.2) is 0 Å². The minimum Gasteiger partial charge on any atom is -0.463 e. The van der Waals surface area contributed by atoms with E-state index >= 15 is 0 Å². The van der Waals surface area contributed by atoms with Crippen molar-refractivity contribution in [2.75, 3.05) is 85.8 Å². The average molecular weight is 700 g/mol. The number of benzene rings is 2. The molecule has 10 nitrogen and oxygen atoms in total. The Labute approximate surface area is 299 Å². The van der Waals surface area contributed by atoms with E-state index in [0.717, 1.165) is 12.8 Å². The van der Waals surface area contributed by atoms with Gasteiger partial charge in [0.1, 0.15) is 13.2 Å². The van der Waals surface area contributed by atoms with Crippen molar-refractivity contribution in [1.82, 2.24) is 5.32 Å². The highest BCUT2D eigenvalue weighted by molar-refractivity contribution is 5.79. The van der Waals surface area contributed by atoms with Crippen LogP contribution < -0.4 is 5.32 Å². The largest absolute Gasteiger partial charge is 0.463 e. The minimum absolute atomic E-state index is 0.0515. The predicted molar refractivity (Wildman–Crippen MR) is 195 cm³/mol. The summed E-state index contributed by atoms with van der Waals surface area (Å²) in [6.45, 7) is 7.99.